The summed E-state index contributed by atoms with van der Waals surface area (Å²) < 4.78 is 5.19. The molecule has 1 aromatic carbocycles. The quantitative estimate of drug-likeness (QED) is 0.570. The first-order chi connectivity index (χ1) is 10.6. The molecule has 3 aromatic rings. The number of Topliss-reactive ketones (excluding diaryl/α,β-unsaturated/α-hetero) is 1. The number of fused-ring (bicyclic) bond motifs is 1. The summed E-state index contributed by atoms with van der Waals surface area (Å²) in [6, 6.07) is 8.91. The normalized spacial score (nSPS) is 12.3. The maximum Gasteiger partial charge on any atom is 0.355 e. The highest BCUT2D eigenvalue weighted by atomic mass is 35.5. The third-order valence-corrected chi connectivity index (χ3v) is 3.59. The Morgan fingerprint density at radius 1 is 1.18 bits per heavy atom. The average Bonchev–Trinajstić information content (AvgIpc) is 3.12. The van der Waals surface area contributed by atoms with Gasteiger partial charge in [-0.05, 0) is 19.1 Å². The zero-order valence-electron chi connectivity index (χ0n) is 11.7. The number of nitrogens with one attached hydrogen (secondary N) is 2. The molecule has 0 unspecified atom stereocenters. The zero-order chi connectivity index (χ0) is 15.7. The van der Waals surface area contributed by atoms with E-state index in [2.05, 4.69) is 9.97 Å². The molecule has 0 saturated heterocycles. The number of hydrogen-bond acceptors (Lipinski definition) is 3. The highest BCUT2D eigenvalue weighted by molar-refractivity contribution is 6.30. The van der Waals surface area contributed by atoms with E-state index in [0.717, 1.165) is 10.9 Å². The molecule has 1 atom stereocenters. The number of benzene rings is 1. The summed E-state index contributed by atoms with van der Waals surface area (Å²) >= 11 is 5.74. The molecule has 2 heterocycles. The fourth-order valence-corrected chi connectivity index (χ4v) is 2.42. The highest BCUT2D eigenvalue weighted by Crippen LogP contribution is 2.20. The van der Waals surface area contributed by atoms with Crippen molar-refractivity contribution in [2.24, 2.45) is 0 Å². The van der Waals surface area contributed by atoms with Crippen molar-refractivity contribution < 1.29 is 14.3 Å². The monoisotopic (exact) mass is 316 g/mol. The SMILES string of the molecule is C[C@@H](OC(=O)c1cc(Cl)c[nH]1)C(=O)c1c[nH]c2ccccc12. The zero-order valence-corrected chi connectivity index (χ0v) is 12.5. The molecule has 0 bridgehead atoms. The van der Waals surface area contributed by atoms with Crippen molar-refractivity contribution in [2.45, 2.75) is 13.0 Å². The molecule has 2 aromatic heterocycles. The Kier molecular flexibility index (Phi) is 3.73. The molecule has 0 saturated carbocycles. The van der Waals surface area contributed by atoms with Gasteiger partial charge in [-0.1, -0.05) is 29.8 Å². The molecule has 2 N–H and O–H groups in total. The molecular weight excluding hydrogens is 304 g/mol. The van der Waals surface area contributed by atoms with Gasteiger partial charge in [-0.25, -0.2) is 4.79 Å². The summed E-state index contributed by atoms with van der Waals surface area (Å²) in [5.41, 5.74) is 1.57. The Labute approximate surface area is 131 Å². The number of rotatable bonds is 4. The summed E-state index contributed by atoms with van der Waals surface area (Å²) in [5.74, 6) is -0.879. The summed E-state index contributed by atoms with van der Waals surface area (Å²) in [4.78, 5) is 30.1. The van der Waals surface area contributed by atoms with Crippen molar-refractivity contribution in [2.75, 3.05) is 0 Å². The maximum absolute atomic E-state index is 12.5. The molecule has 0 radical (unpaired) electrons. The van der Waals surface area contributed by atoms with E-state index < -0.39 is 12.1 Å². The molecular formula is C16H13ClN2O3. The van der Waals surface area contributed by atoms with E-state index in [1.165, 1.54) is 12.3 Å². The molecule has 0 aliphatic heterocycles. The largest absolute Gasteiger partial charge is 0.450 e. The molecule has 0 aliphatic carbocycles. The number of hydrogen-bond donors (Lipinski definition) is 2. The Morgan fingerprint density at radius 2 is 1.95 bits per heavy atom. The molecule has 0 spiro atoms. The predicted molar refractivity (Wildman–Crippen MR) is 83.3 cm³/mol. The lowest BCUT2D eigenvalue weighted by molar-refractivity contribution is 0.0314. The maximum atomic E-state index is 12.5. The second-order valence-corrected chi connectivity index (χ2v) is 5.33. The van der Waals surface area contributed by atoms with E-state index in [0.29, 0.717) is 10.6 Å². The summed E-state index contributed by atoms with van der Waals surface area (Å²) in [5, 5.41) is 1.21. The number of H-pyrrole nitrogens is 2. The van der Waals surface area contributed by atoms with Gasteiger partial charge in [0.25, 0.3) is 0 Å². The van der Waals surface area contributed by atoms with Gasteiger partial charge in [0.1, 0.15) is 5.69 Å². The average molecular weight is 317 g/mol. The van der Waals surface area contributed by atoms with Crippen LogP contribution in [0, 0.1) is 0 Å². The van der Waals surface area contributed by atoms with Crippen LogP contribution < -0.4 is 0 Å². The first kappa shape index (κ1) is 14.4. The third kappa shape index (κ3) is 2.63. The van der Waals surface area contributed by atoms with E-state index >= 15 is 0 Å². The van der Waals surface area contributed by atoms with E-state index in [-0.39, 0.29) is 11.5 Å². The van der Waals surface area contributed by atoms with Crippen LogP contribution in [0.2, 0.25) is 5.02 Å². The van der Waals surface area contributed by atoms with Gasteiger partial charge in [0.15, 0.2) is 6.10 Å². The fraction of sp³-hybridized carbons (Fsp3) is 0.125. The van der Waals surface area contributed by atoms with Gasteiger partial charge in [0, 0.05) is 28.9 Å². The Morgan fingerprint density at radius 3 is 2.68 bits per heavy atom. The lowest BCUT2D eigenvalue weighted by Crippen LogP contribution is -2.24. The summed E-state index contributed by atoms with van der Waals surface area (Å²) in [6.45, 7) is 1.55. The van der Waals surface area contributed by atoms with Crippen LogP contribution >= 0.6 is 11.6 Å². The van der Waals surface area contributed by atoms with Gasteiger partial charge in [-0.3, -0.25) is 4.79 Å². The van der Waals surface area contributed by atoms with Crippen LogP contribution in [0.5, 0.6) is 0 Å². The van der Waals surface area contributed by atoms with Gasteiger partial charge < -0.3 is 14.7 Å². The smallest absolute Gasteiger partial charge is 0.355 e. The first-order valence-electron chi connectivity index (χ1n) is 6.71. The van der Waals surface area contributed by atoms with Gasteiger partial charge in [-0.15, -0.1) is 0 Å². The van der Waals surface area contributed by atoms with Crippen LogP contribution in [0.3, 0.4) is 0 Å². The minimum absolute atomic E-state index is 0.212. The highest BCUT2D eigenvalue weighted by Gasteiger charge is 2.23. The van der Waals surface area contributed by atoms with E-state index in [1.807, 2.05) is 24.3 Å². The van der Waals surface area contributed by atoms with Crippen LogP contribution in [0.15, 0.2) is 42.7 Å². The van der Waals surface area contributed by atoms with Gasteiger partial charge in [-0.2, -0.15) is 0 Å². The van der Waals surface area contributed by atoms with Crippen molar-refractivity contribution in [3.8, 4) is 0 Å². The Hall–Kier alpha value is -2.53. The van der Waals surface area contributed by atoms with Gasteiger partial charge in [0.05, 0.1) is 5.02 Å². The molecule has 6 heteroatoms. The number of esters is 1. The Balaban J connectivity index is 1.78. The van der Waals surface area contributed by atoms with Crippen molar-refractivity contribution in [3.05, 3.63) is 59.0 Å². The second-order valence-electron chi connectivity index (χ2n) is 4.89. The summed E-state index contributed by atoms with van der Waals surface area (Å²) in [7, 11) is 0. The molecule has 0 fully saturated rings. The van der Waals surface area contributed by atoms with Gasteiger partial charge in [0.2, 0.25) is 5.78 Å². The third-order valence-electron chi connectivity index (χ3n) is 3.38. The number of halogens is 1. The van der Waals surface area contributed by atoms with Crippen LogP contribution in [-0.4, -0.2) is 27.8 Å². The topological polar surface area (TPSA) is 75.0 Å². The van der Waals surface area contributed by atoms with Crippen molar-refractivity contribution in [3.63, 3.8) is 0 Å². The van der Waals surface area contributed by atoms with E-state index in [9.17, 15) is 9.59 Å². The molecule has 5 nitrogen and oxygen atoms in total. The van der Waals surface area contributed by atoms with E-state index in [1.54, 1.807) is 13.1 Å². The predicted octanol–water partition coefficient (Wildman–Crippen LogP) is 3.58. The number of carbonyl (C=O) groups excluding carboxylic acids is 2. The molecule has 112 valence electrons. The van der Waals surface area contributed by atoms with Crippen LogP contribution in [-0.2, 0) is 4.74 Å². The lowest BCUT2D eigenvalue weighted by atomic mass is 10.1. The number of ketones is 1. The molecule has 22 heavy (non-hydrogen) atoms. The van der Waals surface area contributed by atoms with Crippen molar-refractivity contribution in [1.29, 1.82) is 0 Å². The minimum atomic E-state index is -0.895. The number of para-hydroxylation sites is 1. The van der Waals surface area contributed by atoms with Crippen LogP contribution in [0.4, 0.5) is 0 Å². The number of aromatic nitrogens is 2. The number of ether oxygens (including phenoxy) is 1. The fourth-order valence-electron chi connectivity index (χ4n) is 2.26. The van der Waals surface area contributed by atoms with Gasteiger partial charge >= 0.3 is 5.97 Å². The number of aromatic amines is 2. The van der Waals surface area contributed by atoms with Crippen LogP contribution in [0.25, 0.3) is 10.9 Å². The second kappa shape index (κ2) is 5.69. The standard InChI is InChI=1S/C16H13ClN2O3/c1-9(22-16(21)14-6-10(17)7-18-14)15(20)12-8-19-13-5-3-2-4-11(12)13/h2-9,18-19H,1H3/t9-/m1/s1. The molecule has 3 rings (SSSR count). The minimum Gasteiger partial charge on any atom is -0.450 e. The van der Waals surface area contributed by atoms with Crippen molar-refractivity contribution in [1.82, 2.24) is 9.97 Å². The van der Waals surface area contributed by atoms with Crippen molar-refractivity contribution >= 4 is 34.3 Å². The lowest BCUT2D eigenvalue weighted by Gasteiger charge is -2.11. The Bertz CT molecular complexity index is 850. The summed E-state index contributed by atoms with van der Waals surface area (Å²) in [6.07, 6.45) is 2.21. The molecule has 0 aliphatic rings. The van der Waals surface area contributed by atoms with E-state index in [4.69, 9.17) is 16.3 Å². The molecule has 0 amide bonds. The first-order valence-corrected chi connectivity index (χ1v) is 7.09. The van der Waals surface area contributed by atoms with Crippen LogP contribution in [0.1, 0.15) is 27.8 Å². The number of carbonyl (C=O) groups is 2.